The van der Waals surface area contributed by atoms with Crippen LogP contribution >= 0.6 is 0 Å². The summed E-state index contributed by atoms with van der Waals surface area (Å²) in [6.07, 6.45) is -4.76. The van der Waals surface area contributed by atoms with Crippen molar-refractivity contribution in [1.82, 2.24) is 5.16 Å². The number of aliphatic hydroxyl groups is 1. The molecule has 1 heterocycles. The molecular formula is C26H21F3N2O4. The van der Waals surface area contributed by atoms with Crippen LogP contribution in [-0.2, 0) is 23.0 Å². The summed E-state index contributed by atoms with van der Waals surface area (Å²) in [5, 5.41) is 18.5. The molecule has 9 heteroatoms. The zero-order chi connectivity index (χ0) is 25.4. The van der Waals surface area contributed by atoms with Crippen LogP contribution in [0.2, 0.25) is 0 Å². The molecule has 4 aromatic rings. The lowest BCUT2D eigenvalue weighted by atomic mass is 9.85. The number of aromatic nitrogens is 1. The number of nitrogens with zero attached hydrogens (tertiary/aromatic N) is 1. The number of rotatable bonds is 5. The average Bonchev–Trinajstić information content (AvgIpc) is 2.82. The lowest BCUT2D eigenvalue weighted by Gasteiger charge is -2.28. The first-order valence-corrected chi connectivity index (χ1v) is 10.7. The van der Waals surface area contributed by atoms with Crippen molar-refractivity contribution in [1.29, 1.82) is 0 Å². The third-order valence-corrected chi connectivity index (χ3v) is 5.81. The second-order valence-electron chi connectivity index (χ2n) is 8.34. The quantitative estimate of drug-likeness (QED) is 0.423. The Kier molecular flexibility index (Phi) is 6.21. The number of halogens is 3. The summed E-state index contributed by atoms with van der Waals surface area (Å²) in [4.78, 5) is 25.6. The number of hydrogen-bond acceptors (Lipinski definition) is 5. The molecule has 0 aliphatic heterocycles. The van der Waals surface area contributed by atoms with Crippen LogP contribution in [0.5, 0.6) is 0 Å². The van der Waals surface area contributed by atoms with Gasteiger partial charge in [-0.15, -0.1) is 0 Å². The Morgan fingerprint density at radius 1 is 0.971 bits per heavy atom. The van der Waals surface area contributed by atoms with Crippen molar-refractivity contribution in [3.63, 3.8) is 0 Å². The number of carbonyl (C=O) groups is 1. The SMILES string of the molecule is Cc1ccc(CC(O)(C(=O)Nc2cccc3c(=O)onc(C)c23)c2ccc(C(F)(F)F)cc2)cc1. The fourth-order valence-electron chi connectivity index (χ4n) is 3.90. The van der Waals surface area contributed by atoms with E-state index in [9.17, 15) is 27.9 Å². The summed E-state index contributed by atoms with van der Waals surface area (Å²) in [7, 11) is 0. The molecule has 0 fully saturated rings. The van der Waals surface area contributed by atoms with Crippen molar-refractivity contribution in [2.45, 2.75) is 32.0 Å². The number of benzene rings is 3. The third-order valence-electron chi connectivity index (χ3n) is 5.81. The Balaban J connectivity index is 1.78. The maximum absolute atomic E-state index is 13.5. The molecule has 1 atom stereocenters. The maximum atomic E-state index is 13.5. The van der Waals surface area contributed by atoms with Gasteiger partial charge in [-0.1, -0.05) is 53.2 Å². The van der Waals surface area contributed by atoms with Gasteiger partial charge in [0.05, 0.1) is 22.3 Å². The highest BCUT2D eigenvalue weighted by Crippen LogP contribution is 2.34. The summed E-state index contributed by atoms with van der Waals surface area (Å²) in [5.74, 6) is -0.877. The molecule has 1 amide bonds. The molecule has 1 unspecified atom stereocenters. The van der Waals surface area contributed by atoms with E-state index in [0.717, 1.165) is 29.8 Å². The number of anilines is 1. The molecule has 1 aromatic heterocycles. The van der Waals surface area contributed by atoms with Crippen molar-refractivity contribution >= 4 is 22.4 Å². The van der Waals surface area contributed by atoms with Crippen LogP contribution in [0.25, 0.3) is 10.8 Å². The van der Waals surface area contributed by atoms with Gasteiger partial charge >= 0.3 is 11.8 Å². The average molecular weight is 482 g/mol. The molecule has 2 N–H and O–H groups in total. The molecule has 180 valence electrons. The highest BCUT2D eigenvalue weighted by molar-refractivity contribution is 6.05. The number of aryl methyl sites for hydroxylation is 2. The molecule has 0 aliphatic carbocycles. The lowest BCUT2D eigenvalue weighted by Crippen LogP contribution is -2.42. The minimum atomic E-state index is -4.57. The van der Waals surface area contributed by atoms with E-state index in [1.807, 2.05) is 6.92 Å². The molecule has 6 nitrogen and oxygen atoms in total. The molecular weight excluding hydrogens is 461 g/mol. The zero-order valence-corrected chi connectivity index (χ0v) is 18.8. The van der Waals surface area contributed by atoms with Gasteiger partial charge in [0.1, 0.15) is 0 Å². The second kappa shape index (κ2) is 8.99. The van der Waals surface area contributed by atoms with Crippen LogP contribution in [0.4, 0.5) is 18.9 Å². The number of hydrogen-bond donors (Lipinski definition) is 2. The molecule has 4 rings (SSSR count). The Labute approximate surface area is 198 Å². The van der Waals surface area contributed by atoms with Crippen LogP contribution in [0, 0.1) is 13.8 Å². The van der Waals surface area contributed by atoms with Gasteiger partial charge < -0.3 is 14.9 Å². The first-order valence-electron chi connectivity index (χ1n) is 10.7. The van der Waals surface area contributed by atoms with Crippen molar-refractivity contribution in [2.75, 3.05) is 5.32 Å². The van der Waals surface area contributed by atoms with Gasteiger partial charge in [0.25, 0.3) is 5.91 Å². The second-order valence-corrected chi connectivity index (χ2v) is 8.34. The van der Waals surface area contributed by atoms with E-state index in [0.29, 0.717) is 16.6 Å². The first-order chi connectivity index (χ1) is 16.5. The number of alkyl halides is 3. The van der Waals surface area contributed by atoms with E-state index in [2.05, 4.69) is 10.5 Å². The van der Waals surface area contributed by atoms with Crippen LogP contribution in [0.3, 0.4) is 0 Å². The van der Waals surface area contributed by atoms with Crippen LogP contribution < -0.4 is 10.9 Å². The standard InChI is InChI=1S/C26H21F3N2O4/c1-15-6-8-17(9-7-15)14-25(34,18-10-12-19(13-11-18)26(27,28)29)24(33)30-21-5-3-4-20-22(21)16(2)31-35-23(20)32/h3-13,34H,14H2,1-2H3,(H,30,33). The highest BCUT2D eigenvalue weighted by atomic mass is 19.4. The molecule has 0 radical (unpaired) electrons. The third kappa shape index (κ3) is 4.81. The number of nitrogens with one attached hydrogen (secondary N) is 1. The largest absolute Gasteiger partial charge is 0.416 e. The van der Waals surface area contributed by atoms with E-state index in [1.54, 1.807) is 31.2 Å². The van der Waals surface area contributed by atoms with E-state index in [-0.39, 0.29) is 23.1 Å². The molecule has 35 heavy (non-hydrogen) atoms. The Hall–Kier alpha value is -3.98. The van der Waals surface area contributed by atoms with Gasteiger partial charge in [-0.05, 0) is 49.2 Å². The van der Waals surface area contributed by atoms with Crippen LogP contribution in [0.15, 0.2) is 76.0 Å². The number of fused-ring (bicyclic) bond motifs is 1. The van der Waals surface area contributed by atoms with Crippen molar-refractivity contribution < 1.29 is 27.6 Å². The smallest absolute Gasteiger partial charge is 0.375 e. The summed E-state index contributed by atoms with van der Waals surface area (Å²) in [5.41, 5.74) is -1.72. The zero-order valence-electron chi connectivity index (χ0n) is 18.8. The topological polar surface area (TPSA) is 92.4 Å². The van der Waals surface area contributed by atoms with Gasteiger partial charge in [-0.3, -0.25) is 4.79 Å². The summed E-state index contributed by atoms with van der Waals surface area (Å²) < 4.78 is 44.0. The number of amides is 1. The minimum absolute atomic E-state index is 0.0156. The molecule has 0 saturated carbocycles. The maximum Gasteiger partial charge on any atom is 0.416 e. The molecule has 3 aromatic carbocycles. The van der Waals surface area contributed by atoms with E-state index < -0.39 is 28.9 Å². The fourth-order valence-corrected chi connectivity index (χ4v) is 3.90. The van der Waals surface area contributed by atoms with E-state index in [4.69, 9.17) is 4.52 Å². The number of carbonyl (C=O) groups excluding carboxylic acids is 1. The van der Waals surface area contributed by atoms with Crippen molar-refractivity contribution in [2.24, 2.45) is 0 Å². The fraction of sp³-hybridized carbons (Fsp3) is 0.192. The Bertz CT molecular complexity index is 1450. The predicted molar refractivity (Wildman–Crippen MR) is 124 cm³/mol. The normalized spacial score (nSPS) is 13.4. The minimum Gasteiger partial charge on any atom is -0.375 e. The molecule has 0 bridgehead atoms. The molecule has 0 aliphatic rings. The summed E-state index contributed by atoms with van der Waals surface area (Å²) in [6, 6.07) is 15.5. The van der Waals surface area contributed by atoms with Crippen molar-refractivity contribution in [3.8, 4) is 0 Å². The van der Waals surface area contributed by atoms with Gasteiger partial charge in [0.2, 0.25) is 0 Å². The van der Waals surface area contributed by atoms with Gasteiger partial charge in [0, 0.05) is 11.8 Å². The predicted octanol–water partition coefficient (Wildman–Crippen LogP) is 4.89. The Morgan fingerprint density at radius 2 is 1.60 bits per heavy atom. The first kappa shape index (κ1) is 24.2. The highest BCUT2D eigenvalue weighted by Gasteiger charge is 2.39. The van der Waals surface area contributed by atoms with E-state index >= 15 is 0 Å². The Morgan fingerprint density at radius 3 is 2.23 bits per heavy atom. The summed E-state index contributed by atoms with van der Waals surface area (Å²) >= 11 is 0. The molecule has 0 saturated heterocycles. The summed E-state index contributed by atoms with van der Waals surface area (Å²) in [6.45, 7) is 3.47. The monoisotopic (exact) mass is 482 g/mol. The van der Waals surface area contributed by atoms with Crippen LogP contribution in [-0.4, -0.2) is 16.2 Å². The van der Waals surface area contributed by atoms with E-state index in [1.165, 1.54) is 18.2 Å². The lowest BCUT2D eigenvalue weighted by molar-refractivity contribution is -0.137. The molecule has 0 spiro atoms. The van der Waals surface area contributed by atoms with Gasteiger partial charge in [0.15, 0.2) is 5.60 Å². The van der Waals surface area contributed by atoms with Gasteiger partial charge in [-0.25, -0.2) is 4.79 Å². The van der Waals surface area contributed by atoms with Gasteiger partial charge in [-0.2, -0.15) is 13.2 Å². The van der Waals surface area contributed by atoms with Crippen molar-refractivity contribution in [3.05, 3.63) is 105 Å². The van der Waals surface area contributed by atoms with Crippen LogP contribution in [0.1, 0.15) is 27.9 Å².